The molecule has 0 amide bonds. The van der Waals surface area contributed by atoms with E-state index in [1.165, 1.54) is 11.1 Å². The molecule has 1 aromatic heterocycles. The van der Waals surface area contributed by atoms with Crippen molar-refractivity contribution in [2.24, 2.45) is 4.99 Å². The van der Waals surface area contributed by atoms with Crippen LogP contribution in [0.4, 0.5) is 5.82 Å². The fourth-order valence-corrected chi connectivity index (χ4v) is 3.04. The number of aryl methyl sites for hydroxylation is 1. The summed E-state index contributed by atoms with van der Waals surface area (Å²) < 4.78 is 5.44. The van der Waals surface area contributed by atoms with Crippen molar-refractivity contribution in [3.63, 3.8) is 0 Å². The predicted molar refractivity (Wildman–Crippen MR) is 121 cm³/mol. The second-order valence-corrected chi connectivity index (χ2v) is 6.35. The SMILES string of the molecule is CN=C(NCc1cccc(C)c1)NCc1cccnc1N1CCOCC1.I. The van der Waals surface area contributed by atoms with Gasteiger partial charge < -0.3 is 20.3 Å². The zero-order valence-electron chi connectivity index (χ0n) is 15.9. The minimum Gasteiger partial charge on any atom is -0.378 e. The third-order valence-corrected chi connectivity index (χ3v) is 4.39. The van der Waals surface area contributed by atoms with Crippen LogP contribution >= 0.6 is 24.0 Å². The Bertz CT molecular complexity index is 747. The van der Waals surface area contributed by atoms with E-state index in [-0.39, 0.29) is 24.0 Å². The van der Waals surface area contributed by atoms with E-state index >= 15 is 0 Å². The van der Waals surface area contributed by atoms with E-state index < -0.39 is 0 Å². The molecule has 2 N–H and O–H groups in total. The van der Waals surface area contributed by atoms with Gasteiger partial charge in [-0.1, -0.05) is 35.9 Å². The van der Waals surface area contributed by atoms with Gasteiger partial charge in [-0.05, 0) is 18.6 Å². The van der Waals surface area contributed by atoms with E-state index in [0.717, 1.165) is 50.2 Å². The highest BCUT2D eigenvalue weighted by atomic mass is 127. The van der Waals surface area contributed by atoms with Crippen molar-refractivity contribution in [1.82, 2.24) is 15.6 Å². The van der Waals surface area contributed by atoms with Gasteiger partial charge in [0.25, 0.3) is 0 Å². The zero-order valence-corrected chi connectivity index (χ0v) is 18.3. The van der Waals surface area contributed by atoms with Gasteiger partial charge in [-0.3, -0.25) is 4.99 Å². The highest BCUT2D eigenvalue weighted by Gasteiger charge is 2.15. The molecule has 3 rings (SSSR count). The van der Waals surface area contributed by atoms with Gasteiger partial charge in [0.2, 0.25) is 0 Å². The summed E-state index contributed by atoms with van der Waals surface area (Å²) in [5.41, 5.74) is 3.66. The first kappa shape index (κ1) is 21.4. The lowest BCUT2D eigenvalue weighted by Crippen LogP contribution is -2.39. The first-order valence-corrected chi connectivity index (χ1v) is 9.03. The van der Waals surface area contributed by atoms with Gasteiger partial charge in [0, 0.05) is 45.0 Å². The van der Waals surface area contributed by atoms with E-state index in [1.807, 2.05) is 12.3 Å². The number of hydrogen-bond donors (Lipinski definition) is 2. The molecule has 0 saturated carbocycles. The van der Waals surface area contributed by atoms with E-state index in [0.29, 0.717) is 6.54 Å². The molecule has 1 aliphatic rings. The topological polar surface area (TPSA) is 61.8 Å². The number of anilines is 1. The summed E-state index contributed by atoms with van der Waals surface area (Å²) in [5, 5.41) is 6.76. The molecule has 1 aromatic carbocycles. The molecule has 1 fully saturated rings. The van der Waals surface area contributed by atoms with Crippen molar-refractivity contribution < 1.29 is 4.74 Å². The van der Waals surface area contributed by atoms with Crippen molar-refractivity contribution in [3.05, 3.63) is 59.3 Å². The number of morpholine rings is 1. The maximum atomic E-state index is 5.44. The van der Waals surface area contributed by atoms with E-state index in [2.05, 4.69) is 62.8 Å². The molecule has 146 valence electrons. The van der Waals surface area contributed by atoms with Crippen LogP contribution in [0, 0.1) is 6.92 Å². The highest BCUT2D eigenvalue weighted by Crippen LogP contribution is 2.18. The van der Waals surface area contributed by atoms with Crippen LogP contribution in [0.15, 0.2) is 47.6 Å². The van der Waals surface area contributed by atoms with Crippen LogP contribution < -0.4 is 15.5 Å². The smallest absolute Gasteiger partial charge is 0.191 e. The molecule has 6 nitrogen and oxygen atoms in total. The first-order valence-electron chi connectivity index (χ1n) is 9.03. The lowest BCUT2D eigenvalue weighted by molar-refractivity contribution is 0.122. The van der Waals surface area contributed by atoms with Crippen molar-refractivity contribution in [2.75, 3.05) is 38.3 Å². The predicted octanol–water partition coefficient (Wildman–Crippen LogP) is 2.71. The van der Waals surface area contributed by atoms with Crippen LogP contribution in [-0.4, -0.2) is 44.3 Å². The molecule has 7 heteroatoms. The van der Waals surface area contributed by atoms with E-state index in [4.69, 9.17) is 4.74 Å². The Kier molecular flexibility index (Phi) is 8.80. The Labute approximate surface area is 178 Å². The molecule has 0 spiro atoms. The van der Waals surface area contributed by atoms with Crippen LogP contribution in [0.5, 0.6) is 0 Å². The monoisotopic (exact) mass is 481 g/mol. The van der Waals surface area contributed by atoms with Crippen LogP contribution in [0.1, 0.15) is 16.7 Å². The number of benzene rings is 1. The summed E-state index contributed by atoms with van der Waals surface area (Å²) in [7, 11) is 1.79. The van der Waals surface area contributed by atoms with Crippen LogP contribution in [0.2, 0.25) is 0 Å². The zero-order chi connectivity index (χ0) is 18.2. The summed E-state index contributed by atoms with van der Waals surface area (Å²) in [6.45, 7) is 6.78. The number of rotatable bonds is 5. The van der Waals surface area contributed by atoms with Gasteiger partial charge >= 0.3 is 0 Å². The van der Waals surface area contributed by atoms with Crippen LogP contribution in [0.3, 0.4) is 0 Å². The third-order valence-electron chi connectivity index (χ3n) is 4.39. The number of ether oxygens (including phenoxy) is 1. The van der Waals surface area contributed by atoms with Crippen molar-refractivity contribution in [2.45, 2.75) is 20.0 Å². The van der Waals surface area contributed by atoms with Crippen LogP contribution in [-0.2, 0) is 17.8 Å². The van der Waals surface area contributed by atoms with E-state index in [1.54, 1.807) is 7.05 Å². The standard InChI is InChI=1S/C20H27N5O.HI/c1-16-5-3-6-17(13-16)14-23-20(21-2)24-15-18-7-4-8-22-19(18)25-9-11-26-12-10-25;/h3-8,13H,9-12,14-15H2,1-2H3,(H2,21,23,24);1H. The maximum Gasteiger partial charge on any atom is 0.191 e. The highest BCUT2D eigenvalue weighted by molar-refractivity contribution is 14.0. The number of aromatic nitrogens is 1. The first-order chi connectivity index (χ1) is 12.8. The van der Waals surface area contributed by atoms with Gasteiger partial charge in [0.05, 0.1) is 13.2 Å². The minimum atomic E-state index is 0. The summed E-state index contributed by atoms with van der Waals surface area (Å²) in [5.74, 6) is 1.81. The minimum absolute atomic E-state index is 0. The fourth-order valence-electron chi connectivity index (χ4n) is 3.04. The summed E-state index contributed by atoms with van der Waals surface area (Å²) in [6, 6.07) is 12.6. The number of aliphatic imine (C=N–C) groups is 1. The number of pyridine rings is 1. The number of hydrogen-bond acceptors (Lipinski definition) is 4. The molecule has 0 bridgehead atoms. The largest absolute Gasteiger partial charge is 0.378 e. The average molecular weight is 481 g/mol. The Morgan fingerprint density at radius 3 is 2.67 bits per heavy atom. The fraction of sp³-hybridized carbons (Fsp3) is 0.400. The maximum absolute atomic E-state index is 5.44. The summed E-state index contributed by atoms with van der Waals surface area (Å²) in [6.07, 6.45) is 1.85. The van der Waals surface area contributed by atoms with Gasteiger partial charge in [-0.25, -0.2) is 4.98 Å². The second-order valence-electron chi connectivity index (χ2n) is 6.35. The Morgan fingerprint density at radius 1 is 1.15 bits per heavy atom. The van der Waals surface area contributed by atoms with Gasteiger partial charge in [0.1, 0.15) is 5.82 Å². The molecule has 2 aromatic rings. The molecule has 0 atom stereocenters. The molecular weight excluding hydrogens is 453 g/mol. The van der Waals surface area contributed by atoms with Gasteiger partial charge in [-0.15, -0.1) is 24.0 Å². The summed E-state index contributed by atoms with van der Waals surface area (Å²) in [4.78, 5) is 11.2. The average Bonchev–Trinajstić information content (AvgIpc) is 2.69. The van der Waals surface area contributed by atoms with E-state index in [9.17, 15) is 0 Å². The molecule has 1 aliphatic heterocycles. The number of guanidine groups is 1. The molecule has 0 aliphatic carbocycles. The van der Waals surface area contributed by atoms with Crippen molar-refractivity contribution in [1.29, 1.82) is 0 Å². The Hall–Kier alpha value is -1.87. The second kappa shape index (κ2) is 11.1. The van der Waals surface area contributed by atoms with Crippen LogP contribution in [0.25, 0.3) is 0 Å². The lowest BCUT2D eigenvalue weighted by atomic mass is 10.1. The van der Waals surface area contributed by atoms with Crippen molar-refractivity contribution in [3.8, 4) is 0 Å². The number of nitrogens with one attached hydrogen (secondary N) is 2. The van der Waals surface area contributed by atoms with Crippen molar-refractivity contribution >= 4 is 35.8 Å². The quantitative estimate of drug-likeness (QED) is 0.391. The molecule has 1 saturated heterocycles. The van der Waals surface area contributed by atoms with Gasteiger partial charge in [-0.2, -0.15) is 0 Å². The molecular formula is C20H28IN5O. The Balaban J connectivity index is 0.00000261. The molecule has 0 radical (unpaired) electrons. The number of nitrogens with zero attached hydrogens (tertiary/aromatic N) is 3. The number of halogens is 1. The Morgan fingerprint density at radius 2 is 1.93 bits per heavy atom. The third kappa shape index (κ3) is 6.35. The molecule has 27 heavy (non-hydrogen) atoms. The van der Waals surface area contributed by atoms with Gasteiger partial charge in [0.15, 0.2) is 5.96 Å². The normalized spacial score (nSPS) is 14.4. The summed E-state index contributed by atoms with van der Waals surface area (Å²) >= 11 is 0. The molecule has 2 heterocycles. The molecule has 0 unspecified atom stereocenters. The lowest BCUT2D eigenvalue weighted by Gasteiger charge is -2.29.